The van der Waals surface area contributed by atoms with Crippen LogP contribution in [0.3, 0.4) is 0 Å². The first-order chi connectivity index (χ1) is 12.7. The summed E-state index contributed by atoms with van der Waals surface area (Å²) in [4.78, 5) is 12.0. The lowest BCUT2D eigenvalue weighted by Gasteiger charge is -2.08. The zero-order valence-corrected chi connectivity index (χ0v) is 14.4. The van der Waals surface area contributed by atoms with E-state index in [1.807, 2.05) is 48.7 Å². The summed E-state index contributed by atoms with van der Waals surface area (Å²) in [5.41, 5.74) is 10.4. The minimum Gasteiger partial charge on any atom is -0.341 e. The molecule has 2 aromatic heterocycles. The molecule has 3 N–H and O–H groups in total. The summed E-state index contributed by atoms with van der Waals surface area (Å²) < 4.78 is 5.02. The van der Waals surface area contributed by atoms with E-state index in [1.165, 1.54) is 5.56 Å². The van der Waals surface area contributed by atoms with Crippen LogP contribution in [0.1, 0.15) is 23.3 Å². The number of nitrogens with one attached hydrogen (secondary N) is 1. The fourth-order valence-corrected chi connectivity index (χ4v) is 2.85. The molecule has 0 bridgehead atoms. The molecule has 0 aliphatic rings. The van der Waals surface area contributed by atoms with Gasteiger partial charge in [-0.05, 0) is 17.5 Å². The number of nitrogens with zero attached hydrogens (tertiary/aromatic N) is 3. The van der Waals surface area contributed by atoms with Gasteiger partial charge in [0.25, 0.3) is 0 Å². The summed E-state index contributed by atoms with van der Waals surface area (Å²) in [6, 6.07) is 17.9. The summed E-state index contributed by atoms with van der Waals surface area (Å²) in [5, 5.41) is 3.93. The van der Waals surface area contributed by atoms with Gasteiger partial charge in [0.05, 0.1) is 17.9 Å². The van der Waals surface area contributed by atoms with Crippen molar-refractivity contribution in [1.29, 1.82) is 0 Å². The number of H-pyrrole nitrogens is 1. The molecule has 0 radical (unpaired) electrons. The number of aromatic amines is 1. The van der Waals surface area contributed by atoms with Crippen LogP contribution in [0.2, 0.25) is 0 Å². The Bertz CT molecular complexity index is 988. The molecule has 2 aromatic carbocycles. The molecule has 130 valence electrons. The van der Waals surface area contributed by atoms with Crippen molar-refractivity contribution in [3.05, 3.63) is 78.1 Å². The summed E-state index contributed by atoms with van der Waals surface area (Å²) in [5.74, 6) is 1.92. The molecule has 0 amide bonds. The third-order valence-corrected chi connectivity index (χ3v) is 4.23. The zero-order chi connectivity index (χ0) is 17.9. The first-order valence-electron chi connectivity index (χ1n) is 8.44. The summed E-state index contributed by atoms with van der Waals surface area (Å²) in [7, 11) is 0. The lowest BCUT2D eigenvalue weighted by Crippen LogP contribution is -2.14. The maximum atomic E-state index is 6.30. The van der Waals surface area contributed by atoms with Gasteiger partial charge in [0.1, 0.15) is 5.82 Å². The average molecular weight is 345 g/mol. The third-order valence-electron chi connectivity index (χ3n) is 4.23. The van der Waals surface area contributed by atoms with Gasteiger partial charge in [0.15, 0.2) is 0 Å². The van der Waals surface area contributed by atoms with Crippen molar-refractivity contribution in [2.24, 2.45) is 5.73 Å². The van der Waals surface area contributed by atoms with E-state index < -0.39 is 0 Å². The van der Waals surface area contributed by atoms with Gasteiger partial charge in [-0.2, -0.15) is 4.98 Å². The van der Waals surface area contributed by atoms with Crippen molar-refractivity contribution in [2.75, 3.05) is 0 Å². The van der Waals surface area contributed by atoms with Crippen molar-refractivity contribution < 1.29 is 4.52 Å². The van der Waals surface area contributed by atoms with Crippen LogP contribution in [0.4, 0.5) is 0 Å². The molecule has 0 aliphatic carbocycles. The van der Waals surface area contributed by atoms with Gasteiger partial charge in [0, 0.05) is 12.5 Å². The van der Waals surface area contributed by atoms with E-state index >= 15 is 0 Å². The Morgan fingerprint density at radius 3 is 2.46 bits per heavy atom. The number of imidazole rings is 1. The normalized spacial score (nSPS) is 12.2. The van der Waals surface area contributed by atoms with Gasteiger partial charge >= 0.3 is 0 Å². The van der Waals surface area contributed by atoms with Crippen LogP contribution in [0.25, 0.3) is 22.6 Å². The van der Waals surface area contributed by atoms with Crippen molar-refractivity contribution in [1.82, 2.24) is 20.1 Å². The van der Waals surface area contributed by atoms with Crippen LogP contribution in [-0.4, -0.2) is 20.1 Å². The first kappa shape index (κ1) is 16.2. The summed E-state index contributed by atoms with van der Waals surface area (Å²) in [6.07, 6.45) is 2.55. The predicted octanol–water partition coefficient (Wildman–Crippen LogP) is 3.68. The standard InChI is InChI=1S/C20H19N5O/c1-13-23-19(25-26-13)16-9-7-15(8-10-16)18-12-22-20(24-18)17(21)11-14-5-3-2-4-6-14/h2-10,12,17H,11,21H2,1H3,(H,22,24). The fraction of sp³-hybridized carbons (Fsp3) is 0.150. The zero-order valence-electron chi connectivity index (χ0n) is 14.4. The van der Waals surface area contributed by atoms with Gasteiger partial charge in [0.2, 0.25) is 11.7 Å². The summed E-state index contributed by atoms with van der Waals surface area (Å²) in [6.45, 7) is 1.77. The van der Waals surface area contributed by atoms with Crippen molar-refractivity contribution >= 4 is 0 Å². The van der Waals surface area contributed by atoms with Crippen LogP contribution in [0.5, 0.6) is 0 Å². The van der Waals surface area contributed by atoms with Crippen molar-refractivity contribution in [3.63, 3.8) is 0 Å². The van der Waals surface area contributed by atoms with E-state index in [-0.39, 0.29) is 6.04 Å². The highest BCUT2D eigenvalue weighted by atomic mass is 16.5. The molecule has 0 aliphatic heterocycles. The second-order valence-corrected chi connectivity index (χ2v) is 6.19. The minimum atomic E-state index is -0.173. The Morgan fingerprint density at radius 1 is 1.04 bits per heavy atom. The molecule has 0 saturated heterocycles. The Morgan fingerprint density at radius 2 is 1.77 bits per heavy atom. The van der Waals surface area contributed by atoms with Crippen LogP contribution in [-0.2, 0) is 6.42 Å². The molecule has 6 heteroatoms. The number of benzene rings is 2. The smallest absolute Gasteiger partial charge is 0.223 e. The Kier molecular flexibility index (Phi) is 4.33. The largest absolute Gasteiger partial charge is 0.341 e. The number of nitrogens with two attached hydrogens (primary N) is 1. The minimum absolute atomic E-state index is 0.173. The molecule has 2 heterocycles. The van der Waals surface area contributed by atoms with Gasteiger partial charge in [-0.3, -0.25) is 0 Å². The van der Waals surface area contributed by atoms with Crippen LogP contribution >= 0.6 is 0 Å². The Hall–Kier alpha value is -3.25. The van der Waals surface area contributed by atoms with E-state index in [1.54, 1.807) is 6.92 Å². The molecule has 4 rings (SSSR count). The number of rotatable bonds is 5. The van der Waals surface area contributed by atoms with Gasteiger partial charge in [-0.25, -0.2) is 4.98 Å². The first-order valence-corrected chi connectivity index (χ1v) is 8.44. The van der Waals surface area contributed by atoms with Crippen molar-refractivity contribution in [3.8, 4) is 22.6 Å². The number of hydrogen-bond donors (Lipinski definition) is 2. The van der Waals surface area contributed by atoms with E-state index in [9.17, 15) is 0 Å². The van der Waals surface area contributed by atoms with E-state index in [0.29, 0.717) is 11.7 Å². The molecule has 0 fully saturated rings. The topological polar surface area (TPSA) is 93.6 Å². The van der Waals surface area contributed by atoms with Crippen LogP contribution in [0.15, 0.2) is 65.3 Å². The van der Waals surface area contributed by atoms with Crippen LogP contribution in [0, 0.1) is 6.92 Å². The van der Waals surface area contributed by atoms with Crippen molar-refractivity contribution in [2.45, 2.75) is 19.4 Å². The second-order valence-electron chi connectivity index (χ2n) is 6.19. The highest BCUT2D eigenvalue weighted by Crippen LogP contribution is 2.23. The van der Waals surface area contributed by atoms with Gasteiger partial charge in [-0.15, -0.1) is 0 Å². The monoisotopic (exact) mass is 345 g/mol. The van der Waals surface area contributed by atoms with E-state index in [2.05, 4.69) is 32.2 Å². The molecule has 4 aromatic rings. The molecule has 0 saturated carbocycles. The average Bonchev–Trinajstić information content (AvgIpc) is 3.32. The Balaban J connectivity index is 1.50. The molecular formula is C20H19N5O. The van der Waals surface area contributed by atoms with Gasteiger partial charge in [-0.1, -0.05) is 59.8 Å². The molecule has 26 heavy (non-hydrogen) atoms. The van der Waals surface area contributed by atoms with Gasteiger partial charge < -0.3 is 15.2 Å². The lowest BCUT2D eigenvalue weighted by molar-refractivity contribution is 0.394. The third kappa shape index (κ3) is 3.41. The van der Waals surface area contributed by atoms with Crippen LogP contribution < -0.4 is 5.73 Å². The molecule has 1 atom stereocenters. The highest BCUT2D eigenvalue weighted by molar-refractivity contribution is 5.64. The maximum absolute atomic E-state index is 6.30. The fourth-order valence-electron chi connectivity index (χ4n) is 2.85. The number of aromatic nitrogens is 4. The lowest BCUT2D eigenvalue weighted by atomic mass is 10.1. The molecule has 1 unspecified atom stereocenters. The Labute approximate surface area is 151 Å². The SMILES string of the molecule is Cc1nc(-c2ccc(-c3cnc(C(N)Cc4ccccc4)[nH]3)cc2)no1. The quantitative estimate of drug-likeness (QED) is 0.575. The number of aryl methyl sites for hydroxylation is 1. The predicted molar refractivity (Wildman–Crippen MR) is 99.1 cm³/mol. The molecule has 6 nitrogen and oxygen atoms in total. The second kappa shape index (κ2) is 6.93. The molecule has 0 spiro atoms. The summed E-state index contributed by atoms with van der Waals surface area (Å²) >= 11 is 0. The van der Waals surface area contributed by atoms with E-state index in [0.717, 1.165) is 29.1 Å². The maximum Gasteiger partial charge on any atom is 0.223 e. The number of hydrogen-bond acceptors (Lipinski definition) is 5. The molecular weight excluding hydrogens is 326 g/mol. The highest BCUT2D eigenvalue weighted by Gasteiger charge is 2.12. The van der Waals surface area contributed by atoms with E-state index in [4.69, 9.17) is 10.3 Å².